The van der Waals surface area contributed by atoms with Crippen molar-refractivity contribution in [2.45, 2.75) is 51.9 Å². The molecule has 5 heteroatoms. The van der Waals surface area contributed by atoms with Crippen molar-refractivity contribution < 1.29 is 4.79 Å². The van der Waals surface area contributed by atoms with E-state index in [1.807, 2.05) is 5.38 Å². The first-order valence-corrected chi connectivity index (χ1v) is 8.08. The van der Waals surface area contributed by atoms with Crippen LogP contribution >= 0.6 is 11.3 Å². The Morgan fingerprint density at radius 2 is 2.05 bits per heavy atom. The maximum atomic E-state index is 11.8. The monoisotopic (exact) mass is 283 g/mol. The third-order valence-electron chi connectivity index (χ3n) is 2.96. The van der Waals surface area contributed by atoms with Crippen LogP contribution in [0.3, 0.4) is 0 Å². The van der Waals surface area contributed by atoms with Crippen LogP contribution in [0, 0.1) is 0 Å². The number of unbranched alkanes of at least 4 members (excludes halogenated alkanes) is 5. The lowest BCUT2D eigenvalue weighted by molar-refractivity contribution is 0.0948. The largest absolute Gasteiger partial charge is 0.351 e. The Kier molecular flexibility index (Phi) is 8.41. The molecule has 1 heterocycles. The number of hydrogen-bond acceptors (Lipinski definition) is 4. The van der Waals surface area contributed by atoms with Crippen LogP contribution in [0.15, 0.2) is 5.38 Å². The SMILES string of the molecule is CCCCCCCCNC(=O)c1csc(CCN)n1. The van der Waals surface area contributed by atoms with Crippen LogP contribution < -0.4 is 11.1 Å². The molecule has 1 aromatic heterocycles. The van der Waals surface area contributed by atoms with Gasteiger partial charge in [0.25, 0.3) is 5.91 Å². The highest BCUT2D eigenvalue weighted by atomic mass is 32.1. The molecule has 0 bridgehead atoms. The summed E-state index contributed by atoms with van der Waals surface area (Å²) in [6.45, 7) is 3.54. The highest BCUT2D eigenvalue weighted by Gasteiger charge is 2.09. The topological polar surface area (TPSA) is 68.0 Å². The maximum Gasteiger partial charge on any atom is 0.270 e. The van der Waals surface area contributed by atoms with E-state index < -0.39 is 0 Å². The summed E-state index contributed by atoms with van der Waals surface area (Å²) in [5, 5.41) is 5.66. The summed E-state index contributed by atoms with van der Waals surface area (Å²) in [5.74, 6) is -0.0620. The molecule has 0 aliphatic rings. The summed E-state index contributed by atoms with van der Waals surface area (Å²) in [6, 6.07) is 0. The predicted octanol–water partition coefficient (Wildman–Crippen LogP) is 2.73. The van der Waals surface area contributed by atoms with E-state index in [2.05, 4.69) is 17.2 Å². The number of aromatic nitrogens is 1. The molecule has 3 N–H and O–H groups in total. The minimum absolute atomic E-state index is 0.0620. The maximum absolute atomic E-state index is 11.8. The number of nitrogens with one attached hydrogen (secondary N) is 1. The Hall–Kier alpha value is -0.940. The normalized spacial score (nSPS) is 10.6. The van der Waals surface area contributed by atoms with Crippen LogP contribution in [0.25, 0.3) is 0 Å². The number of nitrogens with two attached hydrogens (primary N) is 1. The van der Waals surface area contributed by atoms with Gasteiger partial charge in [-0.1, -0.05) is 39.0 Å². The number of carbonyl (C=O) groups excluding carboxylic acids is 1. The van der Waals surface area contributed by atoms with Crippen molar-refractivity contribution in [3.8, 4) is 0 Å². The van der Waals surface area contributed by atoms with Crippen molar-refractivity contribution in [1.29, 1.82) is 0 Å². The second kappa shape index (κ2) is 9.92. The van der Waals surface area contributed by atoms with E-state index >= 15 is 0 Å². The van der Waals surface area contributed by atoms with Gasteiger partial charge in [-0.15, -0.1) is 11.3 Å². The van der Waals surface area contributed by atoms with E-state index in [-0.39, 0.29) is 5.91 Å². The molecule has 1 amide bonds. The average molecular weight is 283 g/mol. The highest BCUT2D eigenvalue weighted by molar-refractivity contribution is 7.09. The Bertz CT molecular complexity index is 365. The van der Waals surface area contributed by atoms with Gasteiger partial charge in [0.05, 0.1) is 5.01 Å². The van der Waals surface area contributed by atoms with Crippen LogP contribution in [0.1, 0.15) is 60.9 Å². The number of carbonyl (C=O) groups is 1. The van der Waals surface area contributed by atoms with Gasteiger partial charge in [0.15, 0.2) is 0 Å². The van der Waals surface area contributed by atoms with Gasteiger partial charge in [0, 0.05) is 18.3 Å². The van der Waals surface area contributed by atoms with E-state index in [9.17, 15) is 4.79 Å². The molecule has 1 aromatic rings. The van der Waals surface area contributed by atoms with E-state index in [0.717, 1.165) is 24.4 Å². The van der Waals surface area contributed by atoms with Gasteiger partial charge < -0.3 is 11.1 Å². The van der Waals surface area contributed by atoms with E-state index in [1.54, 1.807) is 0 Å². The van der Waals surface area contributed by atoms with Gasteiger partial charge in [-0.25, -0.2) is 4.98 Å². The smallest absolute Gasteiger partial charge is 0.270 e. The van der Waals surface area contributed by atoms with Gasteiger partial charge in [0.2, 0.25) is 0 Å². The molecular formula is C14H25N3OS. The molecule has 0 aromatic carbocycles. The summed E-state index contributed by atoms with van der Waals surface area (Å²) >= 11 is 1.50. The molecule has 0 atom stereocenters. The second-order valence-corrected chi connectivity index (χ2v) is 5.63. The molecule has 108 valence electrons. The molecular weight excluding hydrogens is 258 g/mol. The van der Waals surface area contributed by atoms with Crippen LogP contribution in [0.5, 0.6) is 0 Å². The van der Waals surface area contributed by atoms with Crippen LogP contribution in [-0.4, -0.2) is 24.0 Å². The lowest BCUT2D eigenvalue weighted by Crippen LogP contribution is -2.24. The first-order valence-electron chi connectivity index (χ1n) is 7.20. The van der Waals surface area contributed by atoms with Crippen molar-refractivity contribution in [2.24, 2.45) is 5.73 Å². The van der Waals surface area contributed by atoms with Crippen molar-refractivity contribution >= 4 is 17.2 Å². The zero-order chi connectivity index (χ0) is 13.9. The number of hydrogen-bond donors (Lipinski definition) is 2. The Morgan fingerprint density at radius 3 is 2.79 bits per heavy atom. The lowest BCUT2D eigenvalue weighted by atomic mass is 10.1. The fourth-order valence-electron chi connectivity index (χ4n) is 1.85. The fourth-order valence-corrected chi connectivity index (χ4v) is 2.65. The second-order valence-electron chi connectivity index (χ2n) is 4.69. The number of nitrogens with zero attached hydrogens (tertiary/aromatic N) is 1. The minimum Gasteiger partial charge on any atom is -0.351 e. The zero-order valence-corrected chi connectivity index (χ0v) is 12.6. The number of amides is 1. The first kappa shape index (κ1) is 16.1. The molecule has 0 spiro atoms. The van der Waals surface area contributed by atoms with E-state index in [4.69, 9.17) is 5.73 Å². The molecule has 0 unspecified atom stereocenters. The summed E-state index contributed by atoms with van der Waals surface area (Å²) in [4.78, 5) is 16.1. The van der Waals surface area contributed by atoms with Gasteiger partial charge in [-0.05, 0) is 13.0 Å². The van der Waals surface area contributed by atoms with Gasteiger partial charge in [0.1, 0.15) is 5.69 Å². The first-order chi connectivity index (χ1) is 9.27. The van der Waals surface area contributed by atoms with Crippen molar-refractivity contribution in [3.63, 3.8) is 0 Å². The molecule has 19 heavy (non-hydrogen) atoms. The predicted molar refractivity (Wildman–Crippen MR) is 80.6 cm³/mol. The minimum atomic E-state index is -0.0620. The van der Waals surface area contributed by atoms with Crippen LogP contribution in [-0.2, 0) is 6.42 Å². The van der Waals surface area contributed by atoms with Gasteiger partial charge in [-0.3, -0.25) is 4.79 Å². The number of thiazole rings is 1. The van der Waals surface area contributed by atoms with Crippen LogP contribution in [0.4, 0.5) is 0 Å². The van der Waals surface area contributed by atoms with E-state index in [1.165, 1.54) is 43.4 Å². The highest BCUT2D eigenvalue weighted by Crippen LogP contribution is 2.10. The van der Waals surface area contributed by atoms with Crippen molar-refractivity contribution in [2.75, 3.05) is 13.1 Å². The summed E-state index contributed by atoms with van der Waals surface area (Å²) in [6.07, 6.45) is 8.14. The molecule has 0 aliphatic heterocycles. The quantitative estimate of drug-likeness (QED) is 0.649. The fraction of sp³-hybridized carbons (Fsp3) is 0.714. The average Bonchev–Trinajstić information content (AvgIpc) is 2.87. The molecule has 0 radical (unpaired) electrons. The van der Waals surface area contributed by atoms with E-state index in [0.29, 0.717) is 12.2 Å². The van der Waals surface area contributed by atoms with Crippen molar-refractivity contribution in [3.05, 3.63) is 16.1 Å². The molecule has 0 aliphatic carbocycles. The Balaban J connectivity index is 2.13. The zero-order valence-electron chi connectivity index (χ0n) is 11.8. The summed E-state index contributed by atoms with van der Waals surface area (Å²) < 4.78 is 0. The molecule has 0 saturated heterocycles. The molecule has 1 rings (SSSR count). The summed E-state index contributed by atoms with van der Waals surface area (Å²) in [7, 11) is 0. The van der Waals surface area contributed by atoms with Gasteiger partial charge >= 0.3 is 0 Å². The third kappa shape index (κ3) is 6.68. The van der Waals surface area contributed by atoms with Crippen LogP contribution in [0.2, 0.25) is 0 Å². The summed E-state index contributed by atoms with van der Waals surface area (Å²) in [5.41, 5.74) is 5.99. The Morgan fingerprint density at radius 1 is 1.32 bits per heavy atom. The lowest BCUT2D eigenvalue weighted by Gasteiger charge is -2.03. The van der Waals surface area contributed by atoms with Crippen molar-refractivity contribution in [1.82, 2.24) is 10.3 Å². The standard InChI is InChI=1S/C14H25N3OS/c1-2-3-4-5-6-7-10-16-14(18)12-11-19-13(17-12)8-9-15/h11H,2-10,15H2,1H3,(H,16,18). The molecule has 0 fully saturated rings. The third-order valence-corrected chi connectivity index (χ3v) is 3.87. The Labute approximate surface area is 119 Å². The van der Waals surface area contributed by atoms with Gasteiger partial charge in [-0.2, -0.15) is 0 Å². The molecule has 4 nitrogen and oxygen atoms in total. The number of rotatable bonds is 10. The molecule has 0 saturated carbocycles.